The van der Waals surface area contributed by atoms with Gasteiger partial charge in [-0.05, 0) is 24.6 Å². The largest absolute Gasteiger partial charge is 0.452 e. The smallest absolute Gasteiger partial charge is 0.338 e. The highest BCUT2D eigenvalue weighted by atomic mass is 16.6. The highest BCUT2D eigenvalue weighted by Crippen LogP contribution is 2.27. The van der Waals surface area contributed by atoms with E-state index in [2.05, 4.69) is 6.07 Å². The number of carbonyl (C=O) groups excluding carboxylic acids is 1. The number of benzene rings is 2. The average Bonchev–Trinajstić information content (AvgIpc) is 2.59. The molecule has 23 heavy (non-hydrogen) atoms. The van der Waals surface area contributed by atoms with Crippen LogP contribution in [0.2, 0.25) is 0 Å². The fraction of sp³-hybridized carbons (Fsp3) is 0.176. The molecule has 0 spiro atoms. The Labute approximate surface area is 133 Å². The Morgan fingerprint density at radius 2 is 1.78 bits per heavy atom. The van der Waals surface area contributed by atoms with Crippen LogP contribution in [0.3, 0.4) is 0 Å². The fourth-order valence-corrected chi connectivity index (χ4v) is 2.07. The maximum atomic E-state index is 12.2. The molecule has 0 bridgehead atoms. The zero-order chi connectivity index (χ0) is 16.8. The molecule has 0 fully saturated rings. The normalized spacial score (nSPS) is 12.7. The van der Waals surface area contributed by atoms with Gasteiger partial charge in [0.2, 0.25) is 0 Å². The topological polar surface area (TPSA) is 93.2 Å². The molecule has 2 rings (SSSR count). The van der Waals surface area contributed by atoms with Gasteiger partial charge in [-0.15, -0.1) is 0 Å². The van der Waals surface area contributed by atoms with Crippen LogP contribution in [-0.4, -0.2) is 10.9 Å². The maximum Gasteiger partial charge on any atom is 0.338 e. The standard InChI is InChI=1S/C17H14N2O4/c1-12(11-18)16(13-5-3-2-4-6-13)23-17(20)14-7-9-15(10-8-14)19(21)22/h2-10,12,16H,1H3/t12-,16+/m1/s1. The Hall–Kier alpha value is -3.20. The van der Waals surface area contributed by atoms with Crippen molar-refractivity contribution in [3.63, 3.8) is 0 Å². The lowest BCUT2D eigenvalue weighted by molar-refractivity contribution is -0.384. The van der Waals surface area contributed by atoms with E-state index in [1.54, 1.807) is 31.2 Å². The van der Waals surface area contributed by atoms with E-state index in [1.165, 1.54) is 24.3 Å². The number of non-ortho nitro benzene ring substituents is 1. The molecule has 0 radical (unpaired) electrons. The summed E-state index contributed by atoms with van der Waals surface area (Å²) in [5, 5.41) is 19.8. The van der Waals surface area contributed by atoms with Gasteiger partial charge in [-0.1, -0.05) is 30.3 Å². The van der Waals surface area contributed by atoms with Gasteiger partial charge in [0.25, 0.3) is 5.69 Å². The number of ether oxygens (including phenoxy) is 1. The van der Waals surface area contributed by atoms with Crippen LogP contribution in [0.4, 0.5) is 5.69 Å². The molecule has 0 aromatic heterocycles. The van der Waals surface area contributed by atoms with Crippen LogP contribution in [-0.2, 0) is 4.74 Å². The minimum absolute atomic E-state index is 0.105. The quantitative estimate of drug-likeness (QED) is 0.477. The van der Waals surface area contributed by atoms with Gasteiger partial charge in [0, 0.05) is 12.1 Å². The first kappa shape index (κ1) is 16.2. The van der Waals surface area contributed by atoms with Gasteiger partial charge in [0.1, 0.15) is 6.10 Å². The highest BCUT2D eigenvalue weighted by Gasteiger charge is 2.24. The molecule has 0 aliphatic heterocycles. The summed E-state index contributed by atoms with van der Waals surface area (Å²) >= 11 is 0. The van der Waals surface area contributed by atoms with E-state index in [0.29, 0.717) is 0 Å². The van der Waals surface area contributed by atoms with Crippen molar-refractivity contribution in [2.45, 2.75) is 13.0 Å². The second-order valence-electron chi connectivity index (χ2n) is 4.96. The van der Waals surface area contributed by atoms with Crippen molar-refractivity contribution in [3.8, 4) is 6.07 Å². The van der Waals surface area contributed by atoms with Crippen LogP contribution in [0.5, 0.6) is 0 Å². The number of nitro groups is 1. The Bertz CT molecular complexity index is 735. The van der Waals surface area contributed by atoms with Crippen molar-refractivity contribution < 1.29 is 14.5 Å². The van der Waals surface area contributed by atoms with Crippen LogP contribution >= 0.6 is 0 Å². The van der Waals surface area contributed by atoms with E-state index < -0.39 is 22.9 Å². The summed E-state index contributed by atoms with van der Waals surface area (Å²) in [6, 6.07) is 16.2. The summed E-state index contributed by atoms with van der Waals surface area (Å²) in [6.07, 6.45) is -0.705. The average molecular weight is 310 g/mol. The molecule has 0 aliphatic carbocycles. The van der Waals surface area contributed by atoms with Gasteiger partial charge in [-0.3, -0.25) is 10.1 Å². The molecule has 0 saturated carbocycles. The maximum absolute atomic E-state index is 12.2. The molecule has 2 aromatic carbocycles. The summed E-state index contributed by atoms with van der Waals surface area (Å²) < 4.78 is 5.44. The third-order valence-electron chi connectivity index (χ3n) is 3.33. The molecule has 6 heteroatoms. The lowest BCUT2D eigenvalue weighted by Crippen LogP contribution is -2.17. The van der Waals surface area contributed by atoms with Crippen molar-refractivity contribution in [1.82, 2.24) is 0 Å². The van der Waals surface area contributed by atoms with E-state index in [0.717, 1.165) is 5.56 Å². The monoisotopic (exact) mass is 310 g/mol. The Morgan fingerprint density at radius 1 is 1.17 bits per heavy atom. The van der Waals surface area contributed by atoms with E-state index in [4.69, 9.17) is 10.00 Å². The van der Waals surface area contributed by atoms with Crippen molar-refractivity contribution in [3.05, 3.63) is 75.8 Å². The first-order chi connectivity index (χ1) is 11.0. The van der Waals surface area contributed by atoms with Crippen molar-refractivity contribution in [1.29, 1.82) is 5.26 Å². The zero-order valence-electron chi connectivity index (χ0n) is 12.4. The first-order valence-corrected chi connectivity index (χ1v) is 6.93. The number of nitro benzene ring substituents is 1. The Balaban J connectivity index is 2.21. The first-order valence-electron chi connectivity index (χ1n) is 6.93. The number of nitriles is 1. The van der Waals surface area contributed by atoms with Crippen molar-refractivity contribution in [2.24, 2.45) is 5.92 Å². The Morgan fingerprint density at radius 3 is 2.30 bits per heavy atom. The molecule has 0 N–H and O–H groups in total. The van der Waals surface area contributed by atoms with Gasteiger partial charge < -0.3 is 4.74 Å². The second kappa shape index (κ2) is 7.18. The van der Waals surface area contributed by atoms with Crippen LogP contribution in [0.1, 0.15) is 28.9 Å². The highest BCUT2D eigenvalue weighted by molar-refractivity contribution is 5.89. The van der Waals surface area contributed by atoms with Gasteiger partial charge in [0.15, 0.2) is 0 Å². The van der Waals surface area contributed by atoms with E-state index in [1.807, 2.05) is 6.07 Å². The van der Waals surface area contributed by atoms with E-state index in [9.17, 15) is 14.9 Å². The predicted octanol–water partition coefficient (Wildman–Crippen LogP) is 3.65. The van der Waals surface area contributed by atoms with Crippen LogP contribution in [0.25, 0.3) is 0 Å². The number of esters is 1. The van der Waals surface area contributed by atoms with Crippen molar-refractivity contribution >= 4 is 11.7 Å². The SMILES string of the molecule is C[C@H](C#N)[C@H](OC(=O)c1ccc([N+](=O)[O-])cc1)c1ccccc1. The molecular formula is C17H14N2O4. The minimum atomic E-state index is -0.705. The molecule has 0 unspecified atom stereocenters. The summed E-state index contributed by atoms with van der Waals surface area (Å²) in [5.41, 5.74) is 0.810. The molecule has 2 aromatic rings. The van der Waals surface area contributed by atoms with E-state index >= 15 is 0 Å². The van der Waals surface area contributed by atoms with Crippen LogP contribution < -0.4 is 0 Å². The summed E-state index contributed by atoms with van der Waals surface area (Å²) in [6.45, 7) is 1.67. The number of hydrogen-bond donors (Lipinski definition) is 0. The third kappa shape index (κ3) is 3.92. The van der Waals surface area contributed by atoms with Gasteiger partial charge in [-0.2, -0.15) is 5.26 Å². The molecule has 2 atom stereocenters. The Kier molecular flexibility index (Phi) is 5.05. The molecule has 0 aliphatic rings. The lowest BCUT2D eigenvalue weighted by Gasteiger charge is -2.20. The third-order valence-corrected chi connectivity index (χ3v) is 3.33. The van der Waals surface area contributed by atoms with Crippen molar-refractivity contribution in [2.75, 3.05) is 0 Å². The predicted molar refractivity (Wildman–Crippen MR) is 82.5 cm³/mol. The van der Waals surface area contributed by atoms with Crippen LogP contribution in [0.15, 0.2) is 54.6 Å². The molecular weight excluding hydrogens is 296 g/mol. The molecule has 0 heterocycles. The van der Waals surface area contributed by atoms with Gasteiger partial charge in [0.05, 0.1) is 22.5 Å². The molecule has 0 amide bonds. The molecule has 6 nitrogen and oxygen atoms in total. The molecule has 0 saturated heterocycles. The zero-order valence-corrected chi connectivity index (χ0v) is 12.4. The summed E-state index contributed by atoms with van der Waals surface area (Å²) in [7, 11) is 0. The minimum Gasteiger partial charge on any atom is -0.452 e. The van der Waals surface area contributed by atoms with Crippen LogP contribution in [0, 0.1) is 27.4 Å². The van der Waals surface area contributed by atoms with Gasteiger partial charge in [-0.25, -0.2) is 4.79 Å². The summed E-state index contributed by atoms with van der Waals surface area (Å²) in [5.74, 6) is -1.16. The number of rotatable bonds is 5. The van der Waals surface area contributed by atoms with E-state index in [-0.39, 0.29) is 11.3 Å². The lowest BCUT2D eigenvalue weighted by atomic mass is 9.98. The summed E-state index contributed by atoms with van der Waals surface area (Å²) in [4.78, 5) is 22.3. The number of hydrogen-bond acceptors (Lipinski definition) is 5. The van der Waals surface area contributed by atoms with Gasteiger partial charge >= 0.3 is 5.97 Å². The molecule has 116 valence electrons. The fourth-order valence-electron chi connectivity index (χ4n) is 2.07. The number of nitrogens with zero attached hydrogens (tertiary/aromatic N) is 2. The number of carbonyl (C=O) groups is 1. The second-order valence-corrected chi connectivity index (χ2v) is 4.96.